The third kappa shape index (κ3) is 3.43. The molecule has 1 fully saturated rings. The Morgan fingerprint density at radius 3 is 2.83 bits per heavy atom. The molecular weight excluding hydrogens is 362 g/mol. The number of benzene rings is 2. The van der Waals surface area contributed by atoms with Gasteiger partial charge in [0.2, 0.25) is 0 Å². The standard InChI is InChI=1S/C24H21N3O2/c1-26-11-4-12-27(14-13-26)19-9-7-18-15-23(29-24(28)20(18)16-19)22-10-8-17-5-2-3-6-21(17)25-22/h2-3,5-7,9,15-16H,4,11-14H2,1H3. The quantitative estimate of drug-likeness (QED) is 0.528. The Labute approximate surface area is 169 Å². The van der Waals surface area contributed by atoms with Crippen molar-refractivity contribution in [3.8, 4) is 11.5 Å². The molecule has 0 spiro atoms. The third-order valence-corrected chi connectivity index (χ3v) is 5.52. The normalized spacial score (nSPS) is 15.4. The molecule has 0 aliphatic carbocycles. The first kappa shape index (κ1) is 17.7. The van der Waals surface area contributed by atoms with Gasteiger partial charge in [-0.1, -0.05) is 24.3 Å². The molecule has 5 heteroatoms. The average Bonchev–Trinajstić information content (AvgIpc) is 2.97. The first-order chi connectivity index (χ1) is 14.2. The van der Waals surface area contributed by atoms with E-state index in [0.29, 0.717) is 16.8 Å². The van der Waals surface area contributed by atoms with Gasteiger partial charge in [-0.15, -0.1) is 0 Å². The molecule has 0 amide bonds. The second-order valence-electron chi connectivity index (χ2n) is 7.54. The van der Waals surface area contributed by atoms with Gasteiger partial charge in [0.1, 0.15) is 0 Å². The predicted octanol–water partition coefficient (Wildman–Crippen LogP) is 3.75. The summed E-state index contributed by atoms with van der Waals surface area (Å²) in [5, 5.41) is 2.32. The molecule has 5 rings (SSSR count). The number of para-hydroxylation sites is 1. The number of anilines is 1. The summed E-state index contributed by atoms with van der Waals surface area (Å²) in [7, 11) is 2.15. The minimum atomic E-state index is -0.352. The van der Waals surface area contributed by atoms with E-state index < -0.39 is 0 Å². The zero-order chi connectivity index (χ0) is 19.8. The van der Waals surface area contributed by atoms with Gasteiger partial charge in [0.05, 0.1) is 16.3 Å². The van der Waals surface area contributed by atoms with Crippen LogP contribution in [0.5, 0.6) is 0 Å². The Kier molecular flexibility index (Phi) is 4.42. The van der Waals surface area contributed by atoms with Gasteiger partial charge in [-0.2, -0.15) is 0 Å². The Bertz CT molecular complexity index is 1250. The maximum absolute atomic E-state index is 12.7. The van der Waals surface area contributed by atoms with Crippen LogP contribution < -0.4 is 10.5 Å². The molecule has 1 aliphatic rings. The number of hydrogen-bond acceptors (Lipinski definition) is 5. The summed E-state index contributed by atoms with van der Waals surface area (Å²) in [6.07, 6.45) is 1.11. The van der Waals surface area contributed by atoms with E-state index in [0.717, 1.165) is 54.6 Å². The van der Waals surface area contributed by atoms with E-state index in [4.69, 9.17) is 4.42 Å². The lowest BCUT2D eigenvalue weighted by Gasteiger charge is -2.23. The molecule has 1 saturated heterocycles. The highest BCUT2D eigenvalue weighted by atomic mass is 16.4. The van der Waals surface area contributed by atoms with Gasteiger partial charge in [-0.25, -0.2) is 9.78 Å². The van der Waals surface area contributed by atoms with Crippen LogP contribution in [0.4, 0.5) is 5.69 Å². The Balaban J connectivity index is 1.53. The van der Waals surface area contributed by atoms with Gasteiger partial charge in [0, 0.05) is 25.3 Å². The highest BCUT2D eigenvalue weighted by Crippen LogP contribution is 2.25. The van der Waals surface area contributed by atoms with E-state index in [1.165, 1.54) is 0 Å². The smallest absolute Gasteiger partial charge is 0.344 e. The van der Waals surface area contributed by atoms with Crippen molar-refractivity contribution in [1.29, 1.82) is 0 Å². The van der Waals surface area contributed by atoms with Crippen LogP contribution in [0.3, 0.4) is 0 Å². The van der Waals surface area contributed by atoms with Gasteiger partial charge < -0.3 is 14.2 Å². The molecule has 0 unspecified atom stereocenters. The zero-order valence-electron chi connectivity index (χ0n) is 16.3. The molecule has 2 aromatic heterocycles. The van der Waals surface area contributed by atoms with Crippen LogP contribution in [0.1, 0.15) is 6.42 Å². The van der Waals surface area contributed by atoms with Crippen molar-refractivity contribution in [2.24, 2.45) is 0 Å². The summed E-state index contributed by atoms with van der Waals surface area (Å²) >= 11 is 0. The van der Waals surface area contributed by atoms with Crippen LogP contribution in [-0.4, -0.2) is 43.1 Å². The second kappa shape index (κ2) is 7.23. The first-order valence-corrected chi connectivity index (χ1v) is 9.89. The van der Waals surface area contributed by atoms with Crippen molar-refractivity contribution in [2.75, 3.05) is 38.1 Å². The molecule has 4 aromatic rings. The van der Waals surface area contributed by atoms with Crippen molar-refractivity contribution in [3.05, 3.63) is 71.1 Å². The lowest BCUT2D eigenvalue weighted by atomic mass is 10.1. The van der Waals surface area contributed by atoms with E-state index in [1.54, 1.807) is 0 Å². The van der Waals surface area contributed by atoms with E-state index in [-0.39, 0.29) is 5.63 Å². The van der Waals surface area contributed by atoms with E-state index in [1.807, 2.05) is 42.5 Å². The van der Waals surface area contributed by atoms with E-state index in [9.17, 15) is 4.79 Å². The average molecular weight is 383 g/mol. The zero-order valence-corrected chi connectivity index (χ0v) is 16.3. The summed E-state index contributed by atoms with van der Waals surface area (Å²) in [5.74, 6) is 0.411. The van der Waals surface area contributed by atoms with Gasteiger partial charge in [0.15, 0.2) is 11.5 Å². The maximum atomic E-state index is 12.7. The van der Waals surface area contributed by atoms with Crippen molar-refractivity contribution in [2.45, 2.75) is 6.42 Å². The summed E-state index contributed by atoms with van der Waals surface area (Å²) < 4.78 is 5.61. The Morgan fingerprint density at radius 2 is 1.90 bits per heavy atom. The monoisotopic (exact) mass is 383 g/mol. The lowest BCUT2D eigenvalue weighted by molar-refractivity contribution is 0.360. The van der Waals surface area contributed by atoms with Crippen LogP contribution in [0.25, 0.3) is 33.1 Å². The van der Waals surface area contributed by atoms with Crippen LogP contribution in [0.2, 0.25) is 0 Å². The van der Waals surface area contributed by atoms with Gasteiger partial charge >= 0.3 is 5.63 Å². The molecular formula is C24H21N3O2. The fourth-order valence-electron chi connectivity index (χ4n) is 3.86. The first-order valence-electron chi connectivity index (χ1n) is 9.89. The minimum absolute atomic E-state index is 0.352. The summed E-state index contributed by atoms with van der Waals surface area (Å²) in [6.45, 7) is 4.07. The molecule has 1 aliphatic heterocycles. The molecule has 2 aromatic carbocycles. The largest absolute Gasteiger partial charge is 0.420 e. The highest BCUT2D eigenvalue weighted by Gasteiger charge is 2.15. The van der Waals surface area contributed by atoms with Crippen molar-refractivity contribution < 1.29 is 4.42 Å². The van der Waals surface area contributed by atoms with E-state index >= 15 is 0 Å². The number of aromatic nitrogens is 1. The fourth-order valence-corrected chi connectivity index (χ4v) is 3.86. The van der Waals surface area contributed by atoms with Crippen molar-refractivity contribution in [3.63, 3.8) is 0 Å². The molecule has 144 valence electrons. The number of likely N-dealkylation sites (N-methyl/N-ethyl adjacent to an activating group) is 1. The van der Waals surface area contributed by atoms with Gasteiger partial charge in [-0.3, -0.25) is 0 Å². The SMILES string of the molecule is CN1CCCN(c2ccc3cc(-c4c#cc5ccccc5n4)oc(=O)c3c2)CC1. The fraction of sp³-hybridized carbons (Fsp3) is 0.250. The maximum Gasteiger partial charge on any atom is 0.344 e. The Morgan fingerprint density at radius 1 is 1.00 bits per heavy atom. The van der Waals surface area contributed by atoms with E-state index in [2.05, 4.69) is 40.0 Å². The minimum Gasteiger partial charge on any atom is -0.420 e. The summed E-state index contributed by atoms with van der Waals surface area (Å²) in [6, 6.07) is 21.7. The lowest BCUT2D eigenvalue weighted by Crippen LogP contribution is -2.28. The van der Waals surface area contributed by atoms with Crippen LogP contribution in [0, 0.1) is 12.1 Å². The van der Waals surface area contributed by atoms with Crippen LogP contribution >= 0.6 is 0 Å². The van der Waals surface area contributed by atoms with Gasteiger partial charge in [-0.05, 0) is 61.8 Å². The second-order valence-corrected chi connectivity index (χ2v) is 7.54. The summed E-state index contributed by atoms with van der Waals surface area (Å²) in [4.78, 5) is 22.0. The predicted molar refractivity (Wildman–Crippen MR) is 115 cm³/mol. The van der Waals surface area contributed by atoms with Crippen molar-refractivity contribution in [1.82, 2.24) is 9.88 Å². The topological polar surface area (TPSA) is 49.6 Å². The molecule has 0 N–H and O–H groups in total. The molecule has 3 heterocycles. The Hall–Kier alpha value is -3.36. The molecule has 29 heavy (non-hydrogen) atoms. The molecule has 0 atom stereocenters. The summed E-state index contributed by atoms with van der Waals surface area (Å²) in [5.41, 5.74) is 2.00. The van der Waals surface area contributed by atoms with Gasteiger partial charge in [0.25, 0.3) is 0 Å². The van der Waals surface area contributed by atoms with Crippen molar-refractivity contribution >= 4 is 27.4 Å². The molecule has 0 saturated carbocycles. The van der Waals surface area contributed by atoms with Crippen LogP contribution in [0.15, 0.2) is 57.7 Å². The number of hydrogen-bond donors (Lipinski definition) is 0. The molecule has 0 radical (unpaired) electrons. The number of fused-ring (bicyclic) bond motifs is 2. The molecule has 0 bridgehead atoms. The highest BCUT2D eigenvalue weighted by molar-refractivity contribution is 5.87. The van der Waals surface area contributed by atoms with Crippen LogP contribution in [-0.2, 0) is 0 Å². The number of rotatable bonds is 2. The molecule has 5 nitrogen and oxygen atoms in total. The third-order valence-electron chi connectivity index (χ3n) is 5.52. The number of nitrogens with zero attached hydrogens (tertiary/aromatic N) is 3.